The van der Waals surface area contributed by atoms with Gasteiger partial charge < -0.3 is 5.73 Å². The lowest BCUT2D eigenvalue weighted by molar-refractivity contribution is 0.919. The molecule has 0 saturated heterocycles. The summed E-state index contributed by atoms with van der Waals surface area (Å²) in [7, 11) is 0. The minimum atomic E-state index is 0.622. The molecule has 11 heavy (non-hydrogen) atoms. The molecular formula is C6H5BrN4. The highest BCUT2D eigenvalue weighted by molar-refractivity contribution is 9.10. The minimum Gasteiger partial charge on any atom is -0.396 e. The van der Waals surface area contributed by atoms with E-state index >= 15 is 0 Å². The summed E-state index contributed by atoms with van der Waals surface area (Å²) in [4.78, 5) is 4.01. The van der Waals surface area contributed by atoms with Crippen molar-refractivity contribution in [2.24, 2.45) is 0 Å². The van der Waals surface area contributed by atoms with Crippen LogP contribution in [-0.4, -0.2) is 14.6 Å². The van der Waals surface area contributed by atoms with Crippen LogP contribution in [0, 0.1) is 0 Å². The Labute approximate surface area is 71.2 Å². The molecule has 0 bridgehead atoms. The van der Waals surface area contributed by atoms with E-state index in [1.807, 2.05) is 0 Å². The van der Waals surface area contributed by atoms with Crippen LogP contribution in [0.2, 0.25) is 0 Å². The Morgan fingerprint density at radius 1 is 1.55 bits per heavy atom. The molecule has 0 radical (unpaired) electrons. The van der Waals surface area contributed by atoms with Crippen LogP contribution in [0.5, 0.6) is 0 Å². The quantitative estimate of drug-likeness (QED) is 0.712. The molecule has 2 N–H and O–H groups in total. The number of nitrogens with zero attached hydrogens (tertiary/aromatic N) is 3. The van der Waals surface area contributed by atoms with E-state index in [0.29, 0.717) is 15.9 Å². The van der Waals surface area contributed by atoms with Crippen molar-refractivity contribution >= 4 is 27.3 Å². The van der Waals surface area contributed by atoms with Crippen LogP contribution in [-0.2, 0) is 0 Å². The van der Waals surface area contributed by atoms with Crippen LogP contribution in [0.3, 0.4) is 0 Å². The van der Waals surface area contributed by atoms with Gasteiger partial charge in [0, 0.05) is 12.4 Å². The van der Waals surface area contributed by atoms with Gasteiger partial charge in [-0.15, -0.1) is 0 Å². The lowest BCUT2D eigenvalue weighted by Gasteiger charge is -1.96. The Morgan fingerprint density at radius 3 is 3.18 bits per heavy atom. The van der Waals surface area contributed by atoms with Gasteiger partial charge in [0.15, 0.2) is 5.65 Å². The Bertz CT molecular complexity index is 394. The number of hydrogen-bond acceptors (Lipinski definition) is 3. The maximum atomic E-state index is 5.65. The van der Waals surface area contributed by atoms with Crippen molar-refractivity contribution in [2.45, 2.75) is 0 Å². The van der Waals surface area contributed by atoms with E-state index in [2.05, 4.69) is 26.0 Å². The fourth-order valence-electron chi connectivity index (χ4n) is 0.909. The molecule has 2 rings (SSSR count). The van der Waals surface area contributed by atoms with Crippen molar-refractivity contribution in [2.75, 3.05) is 5.73 Å². The molecule has 0 aliphatic rings. The largest absolute Gasteiger partial charge is 0.396 e. The average Bonchev–Trinajstić information content (AvgIpc) is 2.34. The predicted octanol–water partition coefficient (Wildman–Crippen LogP) is 1.07. The number of anilines is 1. The van der Waals surface area contributed by atoms with Crippen molar-refractivity contribution in [3.05, 3.63) is 23.1 Å². The third-order valence-electron chi connectivity index (χ3n) is 1.36. The van der Waals surface area contributed by atoms with Gasteiger partial charge in [-0.05, 0) is 22.0 Å². The molecule has 0 unspecified atom stereocenters. The normalized spacial score (nSPS) is 10.6. The summed E-state index contributed by atoms with van der Waals surface area (Å²) in [6.45, 7) is 0. The van der Waals surface area contributed by atoms with E-state index in [0.717, 1.165) is 0 Å². The topological polar surface area (TPSA) is 56.2 Å². The van der Waals surface area contributed by atoms with Gasteiger partial charge in [0.1, 0.15) is 4.60 Å². The molecule has 0 spiro atoms. The van der Waals surface area contributed by atoms with Gasteiger partial charge in [-0.2, -0.15) is 5.10 Å². The molecular weight excluding hydrogens is 208 g/mol. The summed E-state index contributed by atoms with van der Waals surface area (Å²) in [6.07, 6.45) is 3.40. The van der Waals surface area contributed by atoms with Gasteiger partial charge in [-0.1, -0.05) is 0 Å². The summed E-state index contributed by atoms with van der Waals surface area (Å²) in [5.41, 5.74) is 6.96. The molecule has 0 amide bonds. The third-order valence-corrected chi connectivity index (χ3v) is 1.75. The molecule has 0 aliphatic heterocycles. The van der Waals surface area contributed by atoms with E-state index in [-0.39, 0.29) is 0 Å². The van der Waals surface area contributed by atoms with Crippen molar-refractivity contribution in [1.82, 2.24) is 14.6 Å². The second-order valence-electron chi connectivity index (χ2n) is 2.12. The van der Waals surface area contributed by atoms with Crippen LogP contribution < -0.4 is 5.73 Å². The number of nitrogens with two attached hydrogens (primary N) is 1. The first-order valence-corrected chi connectivity index (χ1v) is 3.82. The maximum absolute atomic E-state index is 5.65. The Hall–Kier alpha value is -1.10. The monoisotopic (exact) mass is 212 g/mol. The van der Waals surface area contributed by atoms with Crippen molar-refractivity contribution in [3.63, 3.8) is 0 Å². The van der Waals surface area contributed by atoms with Gasteiger partial charge in [-0.3, -0.25) is 0 Å². The van der Waals surface area contributed by atoms with Crippen molar-refractivity contribution in [3.8, 4) is 0 Å². The van der Waals surface area contributed by atoms with E-state index in [9.17, 15) is 0 Å². The number of imidazole rings is 1. The SMILES string of the molecule is Nc1cc(Br)nn2ccnc12. The molecule has 2 aromatic rings. The van der Waals surface area contributed by atoms with Crippen LogP contribution in [0.25, 0.3) is 5.65 Å². The molecule has 5 heteroatoms. The molecule has 2 aromatic heterocycles. The molecule has 0 saturated carbocycles. The smallest absolute Gasteiger partial charge is 0.176 e. The highest BCUT2D eigenvalue weighted by Crippen LogP contribution is 2.14. The van der Waals surface area contributed by atoms with Crippen LogP contribution in [0.4, 0.5) is 5.69 Å². The summed E-state index contributed by atoms with van der Waals surface area (Å²) >= 11 is 3.23. The minimum absolute atomic E-state index is 0.622. The molecule has 0 aliphatic carbocycles. The van der Waals surface area contributed by atoms with Crippen LogP contribution >= 0.6 is 15.9 Å². The molecule has 56 valence electrons. The summed E-state index contributed by atoms with van der Waals surface area (Å²) < 4.78 is 2.33. The summed E-state index contributed by atoms with van der Waals surface area (Å²) in [6, 6.07) is 1.72. The summed E-state index contributed by atoms with van der Waals surface area (Å²) in [5.74, 6) is 0. The Balaban J connectivity index is 2.91. The first-order valence-electron chi connectivity index (χ1n) is 3.03. The predicted molar refractivity (Wildman–Crippen MR) is 45.1 cm³/mol. The highest BCUT2D eigenvalue weighted by atomic mass is 79.9. The van der Waals surface area contributed by atoms with E-state index in [1.165, 1.54) is 0 Å². The zero-order chi connectivity index (χ0) is 7.84. The zero-order valence-electron chi connectivity index (χ0n) is 5.53. The number of hydrogen-bond donors (Lipinski definition) is 1. The lowest BCUT2D eigenvalue weighted by Crippen LogP contribution is -1.96. The third kappa shape index (κ3) is 0.970. The fraction of sp³-hybridized carbons (Fsp3) is 0. The van der Waals surface area contributed by atoms with Gasteiger partial charge in [0.2, 0.25) is 0 Å². The van der Waals surface area contributed by atoms with Gasteiger partial charge in [0.25, 0.3) is 0 Å². The molecule has 4 nitrogen and oxygen atoms in total. The number of nitrogen functional groups attached to an aromatic ring is 1. The zero-order valence-corrected chi connectivity index (χ0v) is 7.12. The number of aromatic nitrogens is 3. The number of fused-ring (bicyclic) bond motifs is 1. The molecule has 0 atom stereocenters. The second kappa shape index (κ2) is 2.20. The first kappa shape index (κ1) is 6.60. The Morgan fingerprint density at radius 2 is 2.36 bits per heavy atom. The highest BCUT2D eigenvalue weighted by Gasteiger charge is 2.00. The van der Waals surface area contributed by atoms with Gasteiger partial charge in [-0.25, -0.2) is 9.50 Å². The average molecular weight is 213 g/mol. The number of halogens is 1. The lowest BCUT2D eigenvalue weighted by atomic mass is 10.5. The maximum Gasteiger partial charge on any atom is 0.176 e. The first-order chi connectivity index (χ1) is 5.27. The molecule has 2 heterocycles. The number of rotatable bonds is 0. The second-order valence-corrected chi connectivity index (χ2v) is 2.93. The Kier molecular flexibility index (Phi) is 1.32. The molecule has 0 fully saturated rings. The van der Waals surface area contributed by atoms with Gasteiger partial charge in [0.05, 0.1) is 5.69 Å². The van der Waals surface area contributed by atoms with E-state index in [1.54, 1.807) is 23.0 Å². The van der Waals surface area contributed by atoms with E-state index in [4.69, 9.17) is 5.73 Å². The van der Waals surface area contributed by atoms with Crippen molar-refractivity contribution < 1.29 is 0 Å². The van der Waals surface area contributed by atoms with Gasteiger partial charge >= 0.3 is 0 Å². The van der Waals surface area contributed by atoms with Crippen LogP contribution in [0.1, 0.15) is 0 Å². The fourth-order valence-corrected chi connectivity index (χ4v) is 1.33. The van der Waals surface area contributed by atoms with Crippen LogP contribution in [0.15, 0.2) is 23.1 Å². The van der Waals surface area contributed by atoms with Crippen molar-refractivity contribution in [1.29, 1.82) is 0 Å². The summed E-state index contributed by atoms with van der Waals surface area (Å²) in [5, 5.41) is 4.09. The van der Waals surface area contributed by atoms with E-state index < -0.39 is 0 Å². The molecule has 0 aromatic carbocycles. The standard InChI is InChI=1S/C6H5BrN4/c7-5-3-4(8)6-9-1-2-11(6)10-5/h1-3H,8H2.